The van der Waals surface area contributed by atoms with E-state index in [1.807, 2.05) is 36.6 Å². The van der Waals surface area contributed by atoms with Crippen LogP contribution in [0.2, 0.25) is 0 Å². The minimum atomic E-state index is -0.839. The number of carbonyl (C=O) groups excluding carboxylic acids is 1. The zero-order chi connectivity index (χ0) is 25.0. The molecule has 1 aromatic carbocycles. The molecule has 2 N–H and O–H groups in total. The van der Waals surface area contributed by atoms with Crippen LogP contribution in [0.25, 0.3) is 33.8 Å². The average molecular weight is 485 g/mol. The van der Waals surface area contributed by atoms with Gasteiger partial charge in [-0.3, -0.25) is 10.1 Å². The van der Waals surface area contributed by atoms with E-state index in [1.54, 1.807) is 25.8 Å². The first-order valence-electron chi connectivity index (χ1n) is 12.2. The summed E-state index contributed by atoms with van der Waals surface area (Å²) in [5, 5.41) is 6.60. The van der Waals surface area contributed by atoms with Gasteiger partial charge in [-0.05, 0) is 45.7 Å². The second-order valence-corrected chi connectivity index (χ2v) is 9.60. The summed E-state index contributed by atoms with van der Waals surface area (Å²) >= 11 is 0. The van der Waals surface area contributed by atoms with Crippen molar-refractivity contribution in [2.75, 3.05) is 12.4 Å². The molecule has 0 saturated heterocycles. The minimum absolute atomic E-state index is 0.0553. The summed E-state index contributed by atoms with van der Waals surface area (Å²) < 4.78 is 7.46. The molecule has 1 unspecified atom stereocenters. The monoisotopic (exact) mass is 484 g/mol. The van der Waals surface area contributed by atoms with Crippen molar-refractivity contribution in [3.8, 4) is 22.6 Å². The van der Waals surface area contributed by atoms with Crippen molar-refractivity contribution in [2.45, 2.75) is 57.8 Å². The topological polar surface area (TPSA) is 120 Å². The molecule has 6 rings (SSSR count). The second kappa shape index (κ2) is 8.42. The summed E-state index contributed by atoms with van der Waals surface area (Å²) in [5.41, 5.74) is 4.73. The number of hydrogen-bond donors (Lipinski definition) is 2. The average Bonchev–Trinajstić information content (AvgIpc) is 3.36. The van der Waals surface area contributed by atoms with Crippen LogP contribution in [0.3, 0.4) is 0 Å². The number of ether oxygens (including phenoxy) is 1. The largest absolute Gasteiger partial charge is 0.381 e. The first-order valence-corrected chi connectivity index (χ1v) is 12.2. The number of imidazole rings is 1. The Kier molecular flexibility index (Phi) is 5.31. The first-order chi connectivity index (χ1) is 17.4. The number of benzene rings is 1. The number of aryl methyl sites for hydroxylation is 2. The standard InChI is InChI=1S/C26H28N8O2/c1-5-34-23(16-11-27-14(2)28-12-16)32-22-21(29-13-30-24(22)34)15-6-7-20-19(8-15)26(3,25(35)31-20)33-17-9-18(10-17)36-4/h6-8,11-13,17-18,33H,5,9-10H2,1-4H3,(H,31,35)/t17-,18-,26?. The molecule has 0 radical (unpaired) electrons. The molecule has 0 bridgehead atoms. The van der Waals surface area contributed by atoms with E-state index in [9.17, 15) is 4.79 Å². The highest BCUT2D eigenvalue weighted by atomic mass is 16.5. The van der Waals surface area contributed by atoms with E-state index in [-0.39, 0.29) is 18.1 Å². The summed E-state index contributed by atoms with van der Waals surface area (Å²) in [6, 6.07) is 6.17. The van der Waals surface area contributed by atoms with Crippen LogP contribution < -0.4 is 10.6 Å². The molecular formula is C26H28N8O2. The maximum absolute atomic E-state index is 13.0. The van der Waals surface area contributed by atoms with Crippen LogP contribution in [-0.2, 0) is 21.6 Å². The number of fused-ring (bicyclic) bond motifs is 2. The predicted octanol–water partition coefficient (Wildman–Crippen LogP) is 3.21. The lowest BCUT2D eigenvalue weighted by Gasteiger charge is -2.39. The number of amides is 1. The lowest BCUT2D eigenvalue weighted by atomic mass is 9.84. The van der Waals surface area contributed by atoms with Gasteiger partial charge in [-0.1, -0.05) is 6.07 Å². The fourth-order valence-corrected chi connectivity index (χ4v) is 5.19. The number of carbonyl (C=O) groups is 1. The lowest BCUT2D eigenvalue weighted by Crippen LogP contribution is -2.56. The summed E-state index contributed by atoms with van der Waals surface area (Å²) in [5.74, 6) is 1.40. The second-order valence-electron chi connectivity index (χ2n) is 9.60. The molecule has 4 aromatic rings. The van der Waals surface area contributed by atoms with E-state index >= 15 is 0 Å². The fourth-order valence-electron chi connectivity index (χ4n) is 5.19. The maximum Gasteiger partial charge on any atom is 0.249 e. The van der Waals surface area contributed by atoms with E-state index in [0.29, 0.717) is 23.6 Å². The maximum atomic E-state index is 13.0. The van der Waals surface area contributed by atoms with Crippen molar-refractivity contribution in [3.05, 3.63) is 48.3 Å². The molecule has 4 heterocycles. The van der Waals surface area contributed by atoms with Gasteiger partial charge in [0.1, 0.15) is 34.7 Å². The Labute approximate surface area is 208 Å². The number of aromatic nitrogens is 6. The highest BCUT2D eigenvalue weighted by Crippen LogP contribution is 2.41. The van der Waals surface area contributed by atoms with Gasteiger partial charge in [0.05, 0.1) is 11.7 Å². The molecule has 2 aliphatic rings. The van der Waals surface area contributed by atoms with Gasteiger partial charge in [-0.2, -0.15) is 0 Å². The van der Waals surface area contributed by atoms with Crippen LogP contribution in [0.15, 0.2) is 36.9 Å². The highest BCUT2D eigenvalue weighted by molar-refractivity contribution is 6.06. The van der Waals surface area contributed by atoms with Crippen molar-refractivity contribution < 1.29 is 9.53 Å². The van der Waals surface area contributed by atoms with Crippen LogP contribution in [0.4, 0.5) is 5.69 Å². The van der Waals surface area contributed by atoms with E-state index in [1.165, 1.54) is 0 Å². The minimum Gasteiger partial charge on any atom is -0.381 e. The molecule has 1 amide bonds. The molecule has 1 aliphatic carbocycles. The highest BCUT2D eigenvalue weighted by Gasteiger charge is 2.46. The summed E-state index contributed by atoms with van der Waals surface area (Å²) in [6.07, 6.45) is 7.15. The third-order valence-corrected chi connectivity index (χ3v) is 7.34. The number of hydrogen-bond acceptors (Lipinski definition) is 8. The zero-order valence-electron chi connectivity index (χ0n) is 20.7. The molecular weight excluding hydrogens is 456 g/mol. The lowest BCUT2D eigenvalue weighted by molar-refractivity contribution is -0.122. The number of nitrogens with zero attached hydrogens (tertiary/aromatic N) is 6. The van der Waals surface area contributed by atoms with Crippen molar-refractivity contribution in [3.63, 3.8) is 0 Å². The van der Waals surface area contributed by atoms with Crippen molar-refractivity contribution in [1.82, 2.24) is 34.8 Å². The van der Waals surface area contributed by atoms with Crippen LogP contribution >= 0.6 is 0 Å². The molecule has 10 nitrogen and oxygen atoms in total. The van der Waals surface area contributed by atoms with E-state index in [0.717, 1.165) is 46.7 Å². The molecule has 10 heteroatoms. The number of rotatable bonds is 6. The molecule has 184 valence electrons. The predicted molar refractivity (Wildman–Crippen MR) is 135 cm³/mol. The SMILES string of the molecule is CCn1c(-c2cnc(C)nc2)nc2c(-c3ccc4c(c3)C(C)(N[C@H]3C[C@H](OC)C3)C(=O)N4)ncnc21. The van der Waals surface area contributed by atoms with Gasteiger partial charge in [0.25, 0.3) is 0 Å². The molecule has 1 fully saturated rings. The Bertz CT molecular complexity index is 1480. The van der Waals surface area contributed by atoms with Crippen LogP contribution in [0, 0.1) is 6.92 Å². The van der Waals surface area contributed by atoms with Crippen molar-refractivity contribution >= 4 is 22.8 Å². The molecule has 36 heavy (non-hydrogen) atoms. The van der Waals surface area contributed by atoms with Gasteiger partial charge < -0.3 is 14.6 Å². The third-order valence-electron chi connectivity index (χ3n) is 7.34. The van der Waals surface area contributed by atoms with E-state index < -0.39 is 5.54 Å². The molecule has 1 atom stereocenters. The van der Waals surface area contributed by atoms with Gasteiger partial charge in [0.2, 0.25) is 5.91 Å². The Morgan fingerprint density at radius 1 is 1.17 bits per heavy atom. The summed E-state index contributed by atoms with van der Waals surface area (Å²) in [4.78, 5) is 35.8. The van der Waals surface area contributed by atoms with Crippen molar-refractivity contribution in [2.24, 2.45) is 0 Å². The van der Waals surface area contributed by atoms with Crippen LogP contribution in [0.5, 0.6) is 0 Å². The van der Waals surface area contributed by atoms with Gasteiger partial charge in [-0.15, -0.1) is 0 Å². The Balaban J connectivity index is 1.43. The smallest absolute Gasteiger partial charge is 0.249 e. The third kappa shape index (κ3) is 3.48. The van der Waals surface area contributed by atoms with Gasteiger partial charge in [0, 0.05) is 48.9 Å². The molecule has 0 spiro atoms. The quantitative estimate of drug-likeness (QED) is 0.428. The Morgan fingerprint density at radius 3 is 2.67 bits per heavy atom. The summed E-state index contributed by atoms with van der Waals surface area (Å²) in [7, 11) is 1.73. The molecule has 1 aliphatic heterocycles. The zero-order valence-corrected chi connectivity index (χ0v) is 20.7. The van der Waals surface area contributed by atoms with E-state index in [2.05, 4.69) is 37.5 Å². The Hall–Kier alpha value is -3.76. The number of anilines is 1. The van der Waals surface area contributed by atoms with Crippen molar-refractivity contribution in [1.29, 1.82) is 0 Å². The number of nitrogens with one attached hydrogen (secondary N) is 2. The van der Waals surface area contributed by atoms with Crippen LogP contribution in [-0.4, -0.2) is 54.6 Å². The summed E-state index contributed by atoms with van der Waals surface area (Å²) in [6.45, 7) is 6.53. The van der Waals surface area contributed by atoms with Gasteiger partial charge in [-0.25, -0.2) is 24.9 Å². The van der Waals surface area contributed by atoms with E-state index in [4.69, 9.17) is 9.72 Å². The molecule has 1 saturated carbocycles. The number of methoxy groups -OCH3 is 1. The normalized spacial score (nSPS) is 22.9. The van der Waals surface area contributed by atoms with Gasteiger partial charge in [0.15, 0.2) is 5.65 Å². The van der Waals surface area contributed by atoms with Gasteiger partial charge >= 0.3 is 0 Å². The molecule has 3 aromatic heterocycles. The Morgan fingerprint density at radius 2 is 1.94 bits per heavy atom. The van der Waals surface area contributed by atoms with Crippen LogP contribution in [0.1, 0.15) is 38.1 Å². The fraction of sp³-hybridized carbons (Fsp3) is 0.385. The first kappa shape index (κ1) is 22.7.